The predicted octanol–water partition coefficient (Wildman–Crippen LogP) is 2.62. The van der Waals surface area contributed by atoms with Crippen LogP contribution in [0.4, 0.5) is 5.69 Å². The third-order valence-corrected chi connectivity index (χ3v) is 4.15. The van der Waals surface area contributed by atoms with E-state index in [4.69, 9.17) is 4.42 Å². The Morgan fingerprint density at radius 2 is 1.95 bits per heavy atom. The molecular weight excluding hydrogens is 305 g/mol. The second-order valence-electron chi connectivity index (χ2n) is 4.49. The second kappa shape index (κ2) is 5.81. The minimum atomic E-state index is -0.236. The quantitative estimate of drug-likeness (QED) is 0.641. The second-order valence-corrected chi connectivity index (χ2v) is 5.10. The van der Waals surface area contributed by atoms with Gasteiger partial charge in [-0.2, -0.15) is 0 Å². The number of hydrogen-bond donors (Lipinski definition) is 0. The van der Waals surface area contributed by atoms with Crippen molar-refractivity contribution in [1.29, 1.82) is 0 Å². The van der Waals surface area contributed by atoms with Crippen molar-refractivity contribution in [3.63, 3.8) is 0 Å². The average molecular weight is 323 g/mol. The van der Waals surface area contributed by atoms with Gasteiger partial charge in [0.25, 0.3) is 0 Å². The zero-order valence-corrected chi connectivity index (χ0v) is 13.2. The number of benzene rings is 1. The van der Waals surface area contributed by atoms with Crippen molar-refractivity contribution in [3.05, 3.63) is 39.7 Å². The first-order chi connectivity index (χ1) is 9.12. The summed E-state index contributed by atoms with van der Waals surface area (Å²) in [7, 11) is 0. The van der Waals surface area contributed by atoms with Gasteiger partial charge in [-0.05, 0) is 0 Å². The summed E-state index contributed by atoms with van der Waals surface area (Å²) in [5.41, 5.74) is 3.26. The summed E-state index contributed by atoms with van der Waals surface area (Å²) in [5, 5.41) is 1.60. The Bertz CT molecular complexity index is 644. The van der Waals surface area contributed by atoms with Gasteiger partial charge >= 0.3 is 121 Å². The number of anilines is 1. The Hall–Kier alpha value is -1.25. The van der Waals surface area contributed by atoms with Crippen LogP contribution in [0.3, 0.4) is 0 Å². The average Bonchev–Trinajstić information content (AvgIpc) is 2.40. The van der Waals surface area contributed by atoms with Crippen LogP contribution >= 0.6 is 0 Å². The molecule has 4 heteroatoms. The van der Waals surface area contributed by atoms with Crippen molar-refractivity contribution in [2.24, 2.45) is 0 Å². The predicted molar refractivity (Wildman–Crippen MR) is 80.2 cm³/mol. The molecule has 2 aromatic rings. The van der Waals surface area contributed by atoms with Crippen molar-refractivity contribution in [2.45, 2.75) is 26.1 Å². The van der Waals surface area contributed by atoms with E-state index in [2.05, 4.69) is 40.8 Å². The molecular formula is C15H18NO2Se. The van der Waals surface area contributed by atoms with Gasteiger partial charge < -0.3 is 0 Å². The van der Waals surface area contributed by atoms with Gasteiger partial charge in [-0.1, -0.05) is 0 Å². The molecule has 0 atom stereocenters. The summed E-state index contributed by atoms with van der Waals surface area (Å²) in [6.45, 7) is 8.08. The van der Waals surface area contributed by atoms with Crippen LogP contribution in [0.5, 0.6) is 0 Å². The number of hydrogen-bond acceptors (Lipinski definition) is 3. The summed E-state index contributed by atoms with van der Waals surface area (Å²) >= 11 is 2.88. The molecule has 0 saturated heterocycles. The van der Waals surface area contributed by atoms with Gasteiger partial charge in [0.05, 0.1) is 0 Å². The Morgan fingerprint density at radius 3 is 2.53 bits per heavy atom. The number of rotatable bonds is 4. The normalized spacial score (nSPS) is 10.9. The monoisotopic (exact) mass is 324 g/mol. The molecule has 1 heterocycles. The van der Waals surface area contributed by atoms with E-state index in [-0.39, 0.29) is 5.63 Å². The molecule has 0 N–H and O–H groups in total. The van der Waals surface area contributed by atoms with Gasteiger partial charge in [-0.15, -0.1) is 0 Å². The first kappa shape index (κ1) is 14.2. The van der Waals surface area contributed by atoms with Crippen molar-refractivity contribution >= 4 is 32.7 Å². The molecule has 3 nitrogen and oxygen atoms in total. The molecule has 1 aromatic heterocycles. The molecule has 0 fully saturated rings. The van der Waals surface area contributed by atoms with E-state index >= 15 is 0 Å². The van der Waals surface area contributed by atoms with Crippen LogP contribution < -0.4 is 10.5 Å². The molecule has 101 valence electrons. The molecule has 0 aliphatic carbocycles. The SMILES string of the molecule is CCN(CC)c1ccc2c(C)c(C[Se])c(=O)oc2c1. The molecule has 0 bridgehead atoms. The van der Waals surface area contributed by atoms with Crippen LogP contribution in [-0.2, 0) is 5.32 Å². The van der Waals surface area contributed by atoms with Crippen LogP contribution in [0.25, 0.3) is 11.0 Å². The maximum atomic E-state index is 11.9. The minimum absolute atomic E-state index is 0.236. The van der Waals surface area contributed by atoms with Crippen LogP contribution in [0, 0.1) is 6.92 Å². The van der Waals surface area contributed by atoms with Gasteiger partial charge in [0.1, 0.15) is 0 Å². The first-order valence-corrected chi connectivity index (χ1v) is 7.72. The van der Waals surface area contributed by atoms with Crippen molar-refractivity contribution in [3.8, 4) is 0 Å². The molecule has 0 unspecified atom stereocenters. The van der Waals surface area contributed by atoms with E-state index in [9.17, 15) is 4.79 Å². The zero-order valence-electron chi connectivity index (χ0n) is 11.5. The number of fused-ring (bicyclic) bond motifs is 1. The summed E-state index contributed by atoms with van der Waals surface area (Å²) in [4.78, 5) is 14.1. The van der Waals surface area contributed by atoms with E-state index in [0.717, 1.165) is 35.3 Å². The maximum absolute atomic E-state index is 11.9. The Labute approximate surface area is 121 Å². The topological polar surface area (TPSA) is 33.5 Å². The van der Waals surface area contributed by atoms with Gasteiger partial charge in [0.2, 0.25) is 0 Å². The van der Waals surface area contributed by atoms with E-state index in [1.165, 1.54) is 0 Å². The fraction of sp³-hybridized carbons (Fsp3) is 0.400. The summed E-state index contributed by atoms with van der Waals surface area (Å²) in [6.07, 6.45) is 0. The Kier molecular flexibility index (Phi) is 4.33. The number of aryl methyl sites for hydroxylation is 1. The molecule has 19 heavy (non-hydrogen) atoms. The summed E-state index contributed by atoms with van der Waals surface area (Å²) < 4.78 is 5.44. The van der Waals surface area contributed by atoms with E-state index in [1.807, 2.05) is 19.1 Å². The van der Waals surface area contributed by atoms with Crippen molar-refractivity contribution < 1.29 is 4.42 Å². The molecule has 0 aliphatic rings. The molecule has 2 rings (SSSR count). The summed E-state index contributed by atoms with van der Waals surface area (Å²) in [5.74, 6) is 0. The fourth-order valence-corrected chi connectivity index (χ4v) is 3.04. The van der Waals surface area contributed by atoms with Crippen LogP contribution in [0.2, 0.25) is 0 Å². The van der Waals surface area contributed by atoms with Crippen LogP contribution in [0.1, 0.15) is 25.0 Å². The van der Waals surface area contributed by atoms with E-state index in [0.29, 0.717) is 10.9 Å². The van der Waals surface area contributed by atoms with Gasteiger partial charge in [-0.3, -0.25) is 0 Å². The van der Waals surface area contributed by atoms with Gasteiger partial charge in [0, 0.05) is 0 Å². The van der Waals surface area contributed by atoms with Crippen LogP contribution in [0.15, 0.2) is 27.4 Å². The number of nitrogens with zero attached hydrogens (tertiary/aromatic N) is 1. The third-order valence-electron chi connectivity index (χ3n) is 3.54. The van der Waals surface area contributed by atoms with Crippen molar-refractivity contribution in [2.75, 3.05) is 18.0 Å². The van der Waals surface area contributed by atoms with Crippen LogP contribution in [-0.4, -0.2) is 29.1 Å². The Balaban J connectivity index is 2.65. The van der Waals surface area contributed by atoms with E-state index in [1.54, 1.807) is 0 Å². The Morgan fingerprint density at radius 1 is 1.26 bits per heavy atom. The molecule has 1 radical (unpaired) electrons. The fourth-order valence-electron chi connectivity index (χ4n) is 2.34. The van der Waals surface area contributed by atoms with Gasteiger partial charge in [0.15, 0.2) is 0 Å². The molecule has 0 aliphatic heterocycles. The zero-order chi connectivity index (χ0) is 14.0. The third kappa shape index (κ3) is 2.56. The molecule has 0 spiro atoms. The molecule has 1 aromatic carbocycles. The standard InChI is InChI=1S/C15H18NO2Se/c1-4-16(5-2)11-6-7-12-10(3)13(9-19)15(17)18-14(12)8-11/h6-8H,4-5,9H2,1-3H3. The first-order valence-electron chi connectivity index (χ1n) is 6.51. The summed E-state index contributed by atoms with van der Waals surface area (Å²) in [6, 6.07) is 6.09. The molecule has 0 amide bonds. The van der Waals surface area contributed by atoms with Gasteiger partial charge in [-0.25, -0.2) is 0 Å². The van der Waals surface area contributed by atoms with Crippen molar-refractivity contribution in [1.82, 2.24) is 0 Å². The van der Waals surface area contributed by atoms with E-state index < -0.39 is 0 Å². The molecule has 0 saturated carbocycles.